The highest BCUT2D eigenvalue weighted by Gasteiger charge is 2.33. The summed E-state index contributed by atoms with van der Waals surface area (Å²) in [5, 5.41) is 8.21. The Morgan fingerprint density at radius 2 is 2.13 bits per heavy atom. The molecule has 2 heterocycles. The predicted octanol–water partition coefficient (Wildman–Crippen LogP) is 4.77. The molecule has 1 amide bonds. The summed E-state index contributed by atoms with van der Waals surface area (Å²) >= 11 is 8.03. The van der Waals surface area contributed by atoms with Crippen LogP contribution in [-0.2, 0) is 12.8 Å². The maximum Gasteiger partial charge on any atom is 0.256 e. The van der Waals surface area contributed by atoms with Gasteiger partial charge < -0.3 is 10.6 Å². The second kappa shape index (κ2) is 5.84. The molecule has 1 aliphatic carbocycles. The second-order valence-corrected chi connectivity index (χ2v) is 7.81. The predicted molar refractivity (Wildman–Crippen MR) is 95.4 cm³/mol. The molecule has 2 N–H and O–H groups in total. The van der Waals surface area contributed by atoms with Crippen molar-refractivity contribution in [3.05, 3.63) is 50.9 Å². The van der Waals surface area contributed by atoms with E-state index in [0.717, 1.165) is 34.9 Å². The SMILES string of the molecule is CC[C@H]1CCc2c(sc3c2C(=O)N[C@H](c2ccccc2Cl)N3)C1. The van der Waals surface area contributed by atoms with Gasteiger partial charge in [-0.1, -0.05) is 43.1 Å². The average Bonchev–Trinajstić information content (AvgIpc) is 2.92. The smallest absolute Gasteiger partial charge is 0.256 e. The van der Waals surface area contributed by atoms with Gasteiger partial charge in [0.2, 0.25) is 0 Å². The van der Waals surface area contributed by atoms with E-state index in [-0.39, 0.29) is 12.1 Å². The van der Waals surface area contributed by atoms with Crippen molar-refractivity contribution in [3.8, 4) is 0 Å². The number of benzene rings is 1. The molecule has 3 nitrogen and oxygen atoms in total. The fourth-order valence-electron chi connectivity index (χ4n) is 3.58. The van der Waals surface area contributed by atoms with Crippen molar-refractivity contribution in [1.29, 1.82) is 0 Å². The third kappa shape index (κ3) is 2.54. The van der Waals surface area contributed by atoms with E-state index in [9.17, 15) is 4.79 Å². The number of hydrogen-bond donors (Lipinski definition) is 2. The minimum absolute atomic E-state index is 0.0242. The van der Waals surface area contributed by atoms with Crippen LogP contribution in [0.4, 0.5) is 5.00 Å². The highest BCUT2D eigenvalue weighted by atomic mass is 35.5. The van der Waals surface area contributed by atoms with Crippen LogP contribution in [0.3, 0.4) is 0 Å². The van der Waals surface area contributed by atoms with Crippen LogP contribution in [0.2, 0.25) is 5.02 Å². The van der Waals surface area contributed by atoms with Crippen molar-refractivity contribution < 1.29 is 4.79 Å². The molecule has 0 saturated carbocycles. The number of amides is 1. The van der Waals surface area contributed by atoms with Crippen molar-refractivity contribution in [2.45, 2.75) is 38.8 Å². The lowest BCUT2D eigenvalue weighted by molar-refractivity contribution is 0.0935. The van der Waals surface area contributed by atoms with E-state index in [2.05, 4.69) is 17.6 Å². The number of thiophene rings is 1. The molecule has 0 radical (unpaired) electrons. The van der Waals surface area contributed by atoms with Gasteiger partial charge in [-0.25, -0.2) is 0 Å². The first-order chi connectivity index (χ1) is 11.2. The molecule has 2 atom stereocenters. The van der Waals surface area contributed by atoms with Crippen LogP contribution in [-0.4, -0.2) is 5.91 Å². The van der Waals surface area contributed by atoms with Crippen LogP contribution < -0.4 is 10.6 Å². The standard InChI is InChI=1S/C18H19ClN2OS/c1-2-10-7-8-12-14(9-10)23-18-15(12)17(22)20-16(21-18)11-5-3-4-6-13(11)19/h3-6,10,16,21H,2,7-9H2,1H3,(H,20,22)/t10-,16-/m0/s1. The summed E-state index contributed by atoms with van der Waals surface area (Å²) in [5.74, 6) is 0.779. The molecule has 5 heteroatoms. The summed E-state index contributed by atoms with van der Waals surface area (Å²) in [6.45, 7) is 2.25. The monoisotopic (exact) mass is 346 g/mol. The fraction of sp³-hybridized carbons (Fsp3) is 0.389. The first-order valence-electron chi connectivity index (χ1n) is 8.13. The minimum Gasteiger partial charge on any atom is -0.353 e. The normalized spacial score (nSPS) is 22.8. The number of rotatable bonds is 2. The van der Waals surface area contributed by atoms with Gasteiger partial charge in [-0.2, -0.15) is 0 Å². The molecule has 0 saturated heterocycles. The van der Waals surface area contributed by atoms with E-state index < -0.39 is 0 Å². The molecular weight excluding hydrogens is 328 g/mol. The second-order valence-electron chi connectivity index (χ2n) is 6.30. The Bertz CT molecular complexity index is 770. The zero-order valence-corrected chi connectivity index (χ0v) is 14.6. The van der Waals surface area contributed by atoms with Gasteiger partial charge in [0.05, 0.1) is 5.56 Å². The summed E-state index contributed by atoms with van der Waals surface area (Å²) < 4.78 is 0. The average molecular weight is 347 g/mol. The van der Waals surface area contributed by atoms with Gasteiger partial charge >= 0.3 is 0 Å². The number of anilines is 1. The van der Waals surface area contributed by atoms with Gasteiger partial charge in [0.1, 0.15) is 11.2 Å². The fourth-order valence-corrected chi connectivity index (χ4v) is 5.21. The minimum atomic E-state index is -0.259. The van der Waals surface area contributed by atoms with Gasteiger partial charge in [0.25, 0.3) is 5.91 Å². The molecule has 120 valence electrons. The molecule has 4 rings (SSSR count). The molecule has 0 fully saturated rings. The van der Waals surface area contributed by atoms with E-state index in [4.69, 9.17) is 11.6 Å². The van der Waals surface area contributed by atoms with E-state index in [1.807, 2.05) is 24.3 Å². The summed E-state index contributed by atoms with van der Waals surface area (Å²) in [4.78, 5) is 14.1. The molecule has 0 bridgehead atoms. The molecule has 1 aromatic carbocycles. The van der Waals surface area contributed by atoms with Gasteiger partial charge in [-0.05, 0) is 36.8 Å². The highest BCUT2D eigenvalue weighted by Crippen LogP contribution is 2.43. The summed E-state index contributed by atoms with van der Waals surface area (Å²) in [7, 11) is 0. The Hall–Kier alpha value is -1.52. The molecule has 2 aliphatic rings. The lowest BCUT2D eigenvalue weighted by atomic mass is 9.85. The number of carbonyl (C=O) groups excluding carboxylic acids is 1. The van der Waals surface area contributed by atoms with Gasteiger partial charge in [-0.3, -0.25) is 4.79 Å². The van der Waals surface area contributed by atoms with E-state index in [1.54, 1.807) is 11.3 Å². The van der Waals surface area contributed by atoms with Crippen LogP contribution in [0.25, 0.3) is 0 Å². The Kier molecular flexibility index (Phi) is 3.82. The Morgan fingerprint density at radius 3 is 2.91 bits per heavy atom. The topological polar surface area (TPSA) is 41.1 Å². The van der Waals surface area contributed by atoms with E-state index >= 15 is 0 Å². The van der Waals surface area contributed by atoms with Crippen molar-refractivity contribution in [1.82, 2.24) is 5.32 Å². The molecule has 0 unspecified atom stereocenters. The first-order valence-corrected chi connectivity index (χ1v) is 9.33. The molecule has 0 spiro atoms. The van der Waals surface area contributed by atoms with Crippen molar-refractivity contribution in [2.24, 2.45) is 5.92 Å². The Balaban J connectivity index is 1.69. The number of carbonyl (C=O) groups is 1. The van der Waals surface area contributed by atoms with Gasteiger partial charge in [0.15, 0.2) is 0 Å². The third-order valence-electron chi connectivity index (χ3n) is 4.94. The molecule has 2 aromatic rings. The maximum absolute atomic E-state index is 12.7. The van der Waals surface area contributed by atoms with Gasteiger partial charge in [-0.15, -0.1) is 11.3 Å². The number of fused-ring (bicyclic) bond motifs is 3. The Morgan fingerprint density at radius 1 is 1.30 bits per heavy atom. The van der Waals surface area contributed by atoms with E-state index in [0.29, 0.717) is 5.02 Å². The van der Waals surface area contributed by atoms with Crippen LogP contribution in [0, 0.1) is 5.92 Å². The Labute approximate surface area is 145 Å². The lowest BCUT2D eigenvalue weighted by Gasteiger charge is -2.27. The maximum atomic E-state index is 12.7. The van der Waals surface area contributed by atoms with E-state index in [1.165, 1.54) is 23.3 Å². The third-order valence-corrected chi connectivity index (χ3v) is 6.47. The van der Waals surface area contributed by atoms with Crippen LogP contribution in [0.1, 0.15) is 52.3 Å². The molecule has 23 heavy (non-hydrogen) atoms. The first kappa shape index (κ1) is 15.0. The molecular formula is C18H19ClN2OS. The molecule has 1 aliphatic heterocycles. The highest BCUT2D eigenvalue weighted by molar-refractivity contribution is 7.16. The van der Waals surface area contributed by atoms with Crippen molar-refractivity contribution >= 4 is 33.8 Å². The van der Waals surface area contributed by atoms with Crippen LogP contribution in [0.15, 0.2) is 24.3 Å². The summed E-state index contributed by atoms with van der Waals surface area (Å²) in [5.41, 5.74) is 3.03. The summed E-state index contributed by atoms with van der Waals surface area (Å²) in [6, 6.07) is 7.64. The van der Waals surface area contributed by atoms with Crippen molar-refractivity contribution in [3.63, 3.8) is 0 Å². The quantitative estimate of drug-likeness (QED) is 0.822. The van der Waals surface area contributed by atoms with Crippen LogP contribution >= 0.6 is 22.9 Å². The van der Waals surface area contributed by atoms with Crippen molar-refractivity contribution in [2.75, 3.05) is 5.32 Å². The lowest BCUT2D eigenvalue weighted by Crippen LogP contribution is -2.38. The summed E-state index contributed by atoms with van der Waals surface area (Å²) in [6.07, 6.45) is 4.27. The van der Waals surface area contributed by atoms with Crippen LogP contribution in [0.5, 0.6) is 0 Å². The molecule has 1 aromatic heterocycles. The number of hydrogen-bond acceptors (Lipinski definition) is 3. The zero-order valence-electron chi connectivity index (χ0n) is 13.0. The largest absolute Gasteiger partial charge is 0.353 e. The zero-order chi connectivity index (χ0) is 16.0. The number of nitrogens with one attached hydrogen (secondary N) is 2. The number of halogens is 1. The van der Waals surface area contributed by atoms with Gasteiger partial charge in [0, 0.05) is 15.5 Å².